The molecular formula is C14H32N2O. The van der Waals surface area contributed by atoms with Gasteiger partial charge in [0, 0.05) is 23.9 Å². The van der Waals surface area contributed by atoms with E-state index in [1.807, 2.05) is 0 Å². The van der Waals surface area contributed by atoms with Crippen molar-refractivity contribution in [3.05, 3.63) is 0 Å². The lowest BCUT2D eigenvalue weighted by Crippen LogP contribution is -2.37. The van der Waals surface area contributed by atoms with E-state index in [2.05, 4.69) is 52.2 Å². The standard InChI is InChI=1S/C14H32N2O/c1-7-15-9-13(3,4)11-17-12-14(5,6)10-16-8-2/h15-16H,7-12H2,1-6H3. The Morgan fingerprint density at radius 3 is 1.41 bits per heavy atom. The van der Waals surface area contributed by atoms with Gasteiger partial charge >= 0.3 is 0 Å². The van der Waals surface area contributed by atoms with Crippen molar-refractivity contribution in [3.63, 3.8) is 0 Å². The van der Waals surface area contributed by atoms with Gasteiger partial charge < -0.3 is 15.4 Å². The first-order chi connectivity index (χ1) is 7.83. The van der Waals surface area contributed by atoms with Gasteiger partial charge in [0.15, 0.2) is 0 Å². The summed E-state index contributed by atoms with van der Waals surface area (Å²) in [7, 11) is 0. The zero-order valence-electron chi connectivity index (χ0n) is 12.7. The zero-order valence-corrected chi connectivity index (χ0v) is 12.7. The molecule has 0 heterocycles. The lowest BCUT2D eigenvalue weighted by Gasteiger charge is -2.29. The molecule has 0 aliphatic heterocycles. The molecule has 2 N–H and O–H groups in total. The van der Waals surface area contributed by atoms with Crippen LogP contribution in [0.4, 0.5) is 0 Å². The van der Waals surface area contributed by atoms with Crippen LogP contribution in [0.1, 0.15) is 41.5 Å². The highest BCUT2D eigenvalue weighted by molar-refractivity contribution is 4.74. The second-order valence-electron chi connectivity index (χ2n) is 6.38. The van der Waals surface area contributed by atoms with Gasteiger partial charge in [0.05, 0.1) is 13.2 Å². The van der Waals surface area contributed by atoms with E-state index in [1.54, 1.807) is 0 Å². The third kappa shape index (κ3) is 9.57. The van der Waals surface area contributed by atoms with E-state index in [-0.39, 0.29) is 10.8 Å². The van der Waals surface area contributed by atoms with Gasteiger partial charge in [0.1, 0.15) is 0 Å². The fourth-order valence-corrected chi connectivity index (χ4v) is 1.63. The first-order valence-electron chi connectivity index (χ1n) is 6.82. The molecule has 0 radical (unpaired) electrons. The Kier molecular flexibility index (Phi) is 8.01. The Morgan fingerprint density at radius 1 is 0.765 bits per heavy atom. The molecule has 0 spiro atoms. The first kappa shape index (κ1) is 16.9. The lowest BCUT2D eigenvalue weighted by molar-refractivity contribution is 0.0160. The van der Waals surface area contributed by atoms with Crippen molar-refractivity contribution in [3.8, 4) is 0 Å². The molecule has 0 saturated carbocycles. The van der Waals surface area contributed by atoms with E-state index in [0.717, 1.165) is 39.4 Å². The molecule has 0 aromatic carbocycles. The maximum Gasteiger partial charge on any atom is 0.0529 e. The van der Waals surface area contributed by atoms with Gasteiger partial charge in [0.2, 0.25) is 0 Å². The second-order valence-corrected chi connectivity index (χ2v) is 6.38. The Bertz CT molecular complexity index is 171. The number of hydrogen-bond donors (Lipinski definition) is 2. The van der Waals surface area contributed by atoms with Gasteiger partial charge in [-0.2, -0.15) is 0 Å². The summed E-state index contributed by atoms with van der Waals surface area (Å²) in [5.41, 5.74) is 0.425. The highest BCUT2D eigenvalue weighted by atomic mass is 16.5. The molecule has 0 bridgehead atoms. The molecule has 0 atom stereocenters. The van der Waals surface area contributed by atoms with Crippen LogP contribution in [0, 0.1) is 10.8 Å². The van der Waals surface area contributed by atoms with Gasteiger partial charge in [-0.3, -0.25) is 0 Å². The molecule has 0 amide bonds. The van der Waals surface area contributed by atoms with Gasteiger partial charge in [-0.25, -0.2) is 0 Å². The fourth-order valence-electron chi connectivity index (χ4n) is 1.63. The maximum absolute atomic E-state index is 5.88. The maximum atomic E-state index is 5.88. The Hall–Kier alpha value is -0.120. The predicted molar refractivity (Wildman–Crippen MR) is 75.5 cm³/mol. The van der Waals surface area contributed by atoms with Gasteiger partial charge in [-0.15, -0.1) is 0 Å². The highest BCUT2D eigenvalue weighted by Gasteiger charge is 2.21. The molecule has 17 heavy (non-hydrogen) atoms. The van der Waals surface area contributed by atoms with Crippen molar-refractivity contribution in [2.75, 3.05) is 39.4 Å². The Labute approximate surface area is 108 Å². The molecular weight excluding hydrogens is 212 g/mol. The summed E-state index contributed by atoms with van der Waals surface area (Å²) in [5.74, 6) is 0. The van der Waals surface area contributed by atoms with Crippen molar-refractivity contribution >= 4 is 0 Å². The molecule has 0 aromatic heterocycles. The molecule has 0 aliphatic carbocycles. The Balaban J connectivity index is 3.80. The van der Waals surface area contributed by atoms with E-state index >= 15 is 0 Å². The van der Waals surface area contributed by atoms with E-state index in [9.17, 15) is 0 Å². The second kappa shape index (κ2) is 8.06. The highest BCUT2D eigenvalue weighted by Crippen LogP contribution is 2.18. The molecule has 3 heteroatoms. The summed E-state index contributed by atoms with van der Waals surface area (Å²) in [6, 6.07) is 0. The first-order valence-corrected chi connectivity index (χ1v) is 6.82. The zero-order chi connectivity index (χ0) is 13.4. The SMILES string of the molecule is CCNCC(C)(C)COCC(C)(C)CNCC. The lowest BCUT2D eigenvalue weighted by atomic mass is 9.93. The predicted octanol–water partition coefficient (Wildman–Crippen LogP) is 2.27. The monoisotopic (exact) mass is 244 g/mol. The van der Waals surface area contributed by atoms with E-state index < -0.39 is 0 Å². The summed E-state index contributed by atoms with van der Waals surface area (Å²) in [5, 5.41) is 6.76. The minimum Gasteiger partial charge on any atom is -0.380 e. The Morgan fingerprint density at radius 2 is 1.12 bits per heavy atom. The summed E-state index contributed by atoms with van der Waals surface area (Å²) >= 11 is 0. The van der Waals surface area contributed by atoms with Gasteiger partial charge in [-0.05, 0) is 13.1 Å². The number of hydrogen-bond acceptors (Lipinski definition) is 3. The van der Waals surface area contributed by atoms with Crippen molar-refractivity contribution in [2.24, 2.45) is 10.8 Å². The molecule has 0 fully saturated rings. The fraction of sp³-hybridized carbons (Fsp3) is 1.00. The van der Waals surface area contributed by atoms with E-state index in [1.165, 1.54) is 0 Å². The molecule has 0 rings (SSSR count). The smallest absolute Gasteiger partial charge is 0.0529 e. The van der Waals surface area contributed by atoms with Crippen molar-refractivity contribution < 1.29 is 4.74 Å². The average Bonchev–Trinajstić information content (AvgIpc) is 2.23. The molecule has 0 saturated heterocycles. The topological polar surface area (TPSA) is 33.3 Å². The van der Waals surface area contributed by atoms with Crippen LogP contribution in [-0.4, -0.2) is 39.4 Å². The van der Waals surface area contributed by atoms with E-state index in [0.29, 0.717) is 0 Å². The third-order valence-electron chi connectivity index (χ3n) is 2.69. The van der Waals surface area contributed by atoms with Crippen molar-refractivity contribution in [1.82, 2.24) is 10.6 Å². The quantitative estimate of drug-likeness (QED) is 0.618. The van der Waals surface area contributed by atoms with Crippen LogP contribution in [0.3, 0.4) is 0 Å². The molecule has 3 nitrogen and oxygen atoms in total. The molecule has 0 aliphatic rings. The van der Waals surface area contributed by atoms with Crippen LogP contribution in [0.2, 0.25) is 0 Å². The molecule has 104 valence electrons. The molecule has 0 unspecified atom stereocenters. The largest absolute Gasteiger partial charge is 0.380 e. The number of rotatable bonds is 10. The van der Waals surface area contributed by atoms with Crippen LogP contribution in [0.15, 0.2) is 0 Å². The summed E-state index contributed by atoms with van der Waals surface area (Å²) in [6.07, 6.45) is 0. The summed E-state index contributed by atoms with van der Waals surface area (Å²) in [6.45, 7) is 18.9. The van der Waals surface area contributed by atoms with E-state index in [4.69, 9.17) is 4.74 Å². The number of ether oxygens (including phenoxy) is 1. The van der Waals surface area contributed by atoms with Crippen LogP contribution in [0.25, 0.3) is 0 Å². The minimum atomic E-state index is 0.213. The van der Waals surface area contributed by atoms with Gasteiger partial charge in [-0.1, -0.05) is 41.5 Å². The normalized spacial score (nSPS) is 13.1. The van der Waals surface area contributed by atoms with Crippen molar-refractivity contribution in [1.29, 1.82) is 0 Å². The van der Waals surface area contributed by atoms with Crippen LogP contribution in [-0.2, 0) is 4.74 Å². The van der Waals surface area contributed by atoms with Gasteiger partial charge in [0.25, 0.3) is 0 Å². The summed E-state index contributed by atoms with van der Waals surface area (Å²) < 4.78 is 5.88. The third-order valence-corrected chi connectivity index (χ3v) is 2.69. The van der Waals surface area contributed by atoms with Crippen LogP contribution in [0.5, 0.6) is 0 Å². The summed E-state index contributed by atoms with van der Waals surface area (Å²) in [4.78, 5) is 0. The van der Waals surface area contributed by atoms with Crippen molar-refractivity contribution in [2.45, 2.75) is 41.5 Å². The van der Waals surface area contributed by atoms with Crippen LogP contribution >= 0.6 is 0 Å². The average molecular weight is 244 g/mol. The minimum absolute atomic E-state index is 0.213. The number of nitrogens with one attached hydrogen (secondary N) is 2. The molecule has 0 aromatic rings. The van der Waals surface area contributed by atoms with Crippen LogP contribution < -0.4 is 10.6 Å².